The first-order valence-corrected chi connectivity index (χ1v) is 10.4. The minimum Gasteiger partial charge on any atom is -0.449 e. The number of halogens is 1. The van der Waals surface area contributed by atoms with E-state index in [0.717, 1.165) is 4.47 Å². The third kappa shape index (κ3) is 4.32. The normalized spacial score (nSPS) is 11.8. The number of pyridine rings is 1. The van der Waals surface area contributed by atoms with E-state index in [1.807, 2.05) is 24.3 Å². The highest BCUT2D eigenvalue weighted by Crippen LogP contribution is 2.44. The SMILES string of the molecule is O=C(NCCC#Cc1cc(Br)c[nH]c1=O)OCC1c2ccccc2-c2ccccc21. The molecule has 0 spiro atoms. The maximum atomic E-state index is 12.1. The first kappa shape index (κ1) is 20.0. The molecule has 0 saturated heterocycles. The van der Waals surface area contributed by atoms with E-state index in [1.165, 1.54) is 22.3 Å². The van der Waals surface area contributed by atoms with Gasteiger partial charge in [0.1, 0.15) is 6.61 Å². The van der Waals surface area contributed by atoms with Crippen LogP contribution in [0.5, 0.6) is 0 Å². The molecule has 2 N–H and O–H groups in total. The summed E-state index contributed by atoms with van der Waals surface area (Å²) < 4.78 is 6.23. The molecule has 30 heavy (non-hydrogen) atoms. The quantitative estimate of drug-likeness (QED) is 0.445. The van der Waals surface area contributed by atoms with Gasteiger partial charge in [-0.15, -0.1) is 0 Å². The molecule has 2 aromatic carbocycles. The first-order valence-electron chi connectivity index (χ1n) is 9.59. The smallest absolute Gasteiger partial charge is 0.407 e. The first-order chi connectivity index (χ1) is 14.6. The molecule has 1 amide bonds. The van der Waals surface area contributed by atoms with Crippen LogP contribution in [0.4, 0.5) is 4.79 Å². The molecule has 4 rings (SSSR count). The van der Waals surface area contributed by atoms with Crippen LogP contribution in [-0.4, -0.2) is 24.2 Å². The zero-order valence-corrected chi connectivity index (χ0v) is 17.7. The fraction of sp³-hybridized carbons (Fsp3) is 0.167. The van der Waals surface area contributed by atoms with E-state index in [9.17, 15) is 9.59 Å². The van der Waals surface area contributed by atoms with E-state index in [2.05, 4.69) is 62.3 Å². The highest BCUT2D eigenvalue weighted by Gasteiger charge is 2.28. The molecular formula is C24H19BrN2O3. The van der Waals surface area contributed by atoms with E-state index < -0.39 is 6.09 Å². The number of fused-ring (bicyclic) bond motifs is 3. The largest absolute Gasteiger partial charge is 0.449 e. The number of amides is 1. The molecule has 0 fully saturated rings. The summed E-state index contributed by atoms with van der Waals surface area (Å²) in [5.41, 5.74) is 4.88. The topological polar surface area (TPSA) is 71.2 Å². The molecule has 0 atom stereocenters. The zero-order valence-electron chi connectivity index (χ0n) is 16.1. The second kappa shape index (κ2) is 9.02. The molecule has 1 aliphatic rings. The van der Waals surface area contributed by atoms with Crippen molar-refractivity contribution in [2.24, 2.45) is 0 Å². The van der Waals surface area contributed by atoms with Crippen molar-refractivity contribution >= 4 is 22.0 Å². The lowest BCUT2D eigenvalue weighted by Gasteiger charge is -2.14. The van der Waals surface area contributed by atoms with E-state index in [-0.39, 0.29) is 18.1 Å². The fourth-order valence-electron chi connectivity index (χ4n) is 3.58. The number of hydrogen-bond acceptors (Lipinski definition) is 3. The lowest BCUT2D eigenvalue weighted by Crippen LogP contribution is -2.26. The molecule has 150 valence electrons. The van der Waals surface area contributed by atoms with Gasteiger partial charge in [-0.3, -0.25) is 4.79 Å². The molecule has 0 aliphatic heterocycles. The standard InChI is InChI=1S/C24H19BrN2O3/c25-17-13-16(23(28)27-14-17)7-5-6-12-26-24(29)30-15-22-20-10-3-1-8-18(20)19-9-2-4-11-21(19)22/h1-4,8-11,13-14,22H,6,12,15H2,(H,26,29)(H,27,28). The van der Waals surface area contributed by atoms with Gasteiger partial charge in [-0.05, 0) is 44.3 Å². The van der Waals surface area contributed by atoms with Gasteiger partial charge in [0, 0.05) is 29.6 Å². The number of rotatable bonds is 4. The second-order valence-corrected chi connectivity index (χ2v) is 7.78. The lowest BCUT2D eigenvalue weighted by atomic mass is 9.98. The summed E-state index contributed by atoms with van der Waals surface area (Å²) in [6.07, 6.45) is 1.50. The van der Waals surface area contributed by atoms with E-state index in [1.54, 1.807) is 12.3 Å². The highest BCUT2D eigenvalue weighted by atomic mass is 79.9. The number of carbonyl (C=O) groups excluding carboxylic acids is 1. The Morgan fingerprint density at radius 2 is 1.77 bits per heavy atom. The minimum absolute atomic E-state index is 0.0335. The van der Waals surface area contributed by atoms with Crippen LogP contribution >= 0.6 is 15.9 Å². The number of carbonyl (C=O) groups is 1. The Morgan fingerprint density at radius 1 is 1.10 bits per heavy atom. The van der Waals surface area contributed by atoms with Crippen molar-refractivity contribution in [2.45, 2.75) is 12.3 Å². The predicted octanol–water partition coefficient (Wildman–Crippen LogP) is 4.42. The third-order valence-corrected chi connectivity index (χ3v) is 5.41. The molecule has 0 unspecified atom stereocenters. The van der Waals surface area contributed by atoms with Crippen molar-refractivity contribution in [1.82, 2.24) is 10.3 Å². The van der Waals surface area contributed by atoms with Gasteiger partial charge in [0.05, 0.1) is 5.56 Å². The highest BCUT2D eigenvalue weighted by molar-refractivity contribution is 9.10. The summed E-state index contributed by atoms with van der Waals surface area (Å²) >= 11 is 3.29. The van der Waals surface area contributed by atoms with E-state index in [4.69, 9.17) is 4.74 Å². The lowest BCUT2D eigenvalue weighted by molar-refractivity contribution is 0.143. The molecule has 0 saturated carbocycles. The Hall–Kier alpha value is -3.30. The van der Waals surface area contributed by atoms with Crippen LogP contribution in [-0.2, 0) is 4.74 Å². The van der Waals surface area contributed by atoms with Gasteiger partial charge in [0.15, 0.2) is 0 Å². The number of hydrogen-bond donors (Lipinski definition) is 2. The maximum Gasteiger partial charge on any atom is 0.407 e. The molecule has 0 radical (unpaired) electrons. The number of alkyl carbamates (subject to hydrolysis) is 1. The van der Waals surface area contributed by atoms with Crippen molar-refractivity contribution in [2.75, 3.05) is 13.2 Å². The van der Waals surface area contributed by atoms with Crippen molar-refractivity contribution in [1.29, 1.82) is 0 Å². The molecular weight excluding hydrogens is 444 g/mol. The zero-order chi connectivity index (χ0) is 20.9. The average molecular weight is 463 g/mol. The Morgan fingerprint density at radius 3 is 2.47 bits per heavy atom. The molecule has 1 heterocycles. The van der Waals surface area contributed by atoms with Crippen LogP contribution in [0.1, 0.15) is 29.0 Å². The summed E-state index contributed by atoms with van der Waals surface area (Å²) in [4.78, 5) is 26.4. The van der Waals surface area contributed by atoms with Gasteiger partial charge in [0.25, 0.3) is 5.56 Å². The number of nitrogens with one attached hydrogen (secondary N) is 2. The summed E-state index contributed by atoms with van der Waals surface area (Å²) in [6.45, 7) is 0.620. The number of aromatic nitrogens is 1. The Labute approximate surface area is 182 Å². The molecule has 0 bridgehead atoms. The van der Waals surface area contributed by atoms with Gasteiger partial charge in [0.2, 0.25) is 0 Å². The minimum atomic E-state index is -0.473. The maximum absolute atomic E-state index is 12.1. The predicted molar refractivity (Wildman–Crippen MR) is 119 cm³/mol. The summed E-state index contributed by atoms with van der Waals surface area (Å²) in [6, 6.07) is 18.1. The van der Waals surface area contributed by atoms with Gasteiger partial charge >= 0.3 is 6.09 Å². The molecule has 1 aromatic heterocycles. The molecule has 5 nitrogen and oxygen atoms in total. The van der Waals surface area contributed by atoms with Crippen molar-refractivity contribution in [3.8, 4) is 23.0 Å². The van der Waals surface area contributed by atoms with Gasteiger partial charge in [-0.2, -0.15) is 0 Å². The number of aromatic amines is 1. The van der Waals surface area contributed by atoms with Gasteiger partial charge < -0.3 is 15.0 Å². The van der Waals surface area contributed by atoms with Crippen LogP contribution in [0.25, 0.3) is 11.1 Å². The van der Waals surface area contributed by atoms with Crippen molar-refractivity contribution < 1.29 is 9.53 Å². The summed E-state index contributed by atoms with van der Waals surface area (Å²) in [5.74, 6) is 5.73. The second-order valence-electron chi connectivity index (χ2n) is 6.86. The van der Waals surface area contributed by atoms with Gasteiger partial charge in [-0.1, -0.05) is 60.4 Å². The van der Waals surface area contributed by atoms with Crippen LogP contribution in [0, 0.1) is 11.8 Å². The number of ether oxygens (including phenoxy) is 1. The Balaban J connectivity index is 1.30. The molecule has 6 heteroatoms. The van der Waals surface area contributed by atoms with E-state index >= 15 is 0 Å². The fourth-order valence-corrected chi connectivity index (χ4v) is 3.93. The molecule has 1 aliphatic carbocycles. The van der Waals surface area contributed by atoms with Crippen LogP contribution in [0.15, 0.2) is 70.1 Å². The monoisotopic (exact) mass is 462 g/mol. The van der Waals surface area contributed by atoms with Crippen LogP contribution < -0.4 is 10.9 Å². The number of benzene rings is 2. The van der Waals surface area contributed by atoms with Crippen LogP contribution in [0.3, 0.4) is 0 Å². The Kier molecular flexibility index (Phi) is 6.01. The Bertz CT molecular complexity index is 1160. The van der Waals surface area contributed by atoms with Crippen LogP contribution in [0.2, 0.25) is 0 Å². The summed E-state index contributed by atoms with van der Waals surface area (Å²) in [7, 11) is 0. The molecule has 3 aromatic rings. The van der Waals surface area contributed by atoms with Gasteiger partial charge in [-0.25, -0.2) is 4.79 Å². The number of H-pyrrole nitrogens is 1. The average Bonchev–Trinajstić information content (AvgIpc) is 3.08. The van der Waals surface area contributed by atoms with Crippen molar-refractivity contribution in [3.63, 3.8) is 0 Å². The summed E-state index contributed by atoms with van der Waals surface area (Å²) in [5, 5.41) is 2.71. The van der Waals surface area contributed by atoms with Crippen molar-refractivity contribution in [3.05, 3.63) is 92.3 Å². The van der Waals surface area contributed by atoms with E-state index in [0.29, 0.717) is 18.5 Å². The third-order valence-electron chi connectivity index (χ3n) is 4.95.